The minimum absolute atomic E-state index is 0.159. The zero-order valence-corrected chi connectivity index (χ0v) is 11.8. The lowest BCUT2D eigenvalue weighted by Crippen LogP contribution is -2.25. The van der Waals surface area contributed by atoms with Crippen LogP contribution in [0.25, 0.3) is 0 Å². The van der Waals surface area contributed by atoms with E-state index < -0.39 is 32.8 Å². The highest BCUT2D eigenvalue weighted by molar-refractivity contribution is 7.92. The molecule has 0 radical (unpaired) electrons. The molecule has 10 heteroatoms. The van der Waals surface area contributed by atoms with Crippen molar-refractivity contribution in [1.29, 1.82) is 0 Å². The van der Waals surface area contributed by atoms with Gasteiger partial charge in [-0.15, -0.1) is 8.78 Å². The van der Waals surface area contributed by atoms with Gasteiger partial charge in [-0.2, -0.15) is 0 Å². The Bertz CT molecular complexity index is 886. The lowest BCUT2D eigenvalue weighted by Gasteiger charge is -2.09. The molecular formula is C13H7F4NO4S. The smallest absolute Gasteiger partial charge is 0.395 e. The number of alkyl halides is 2. The molecule has 5 nitrogen and oxygen atoms in total. The van der Waals surface area contributed by atoms with Crippen molar-refractivity contribution in [2.45, 2.75) is 11.2 Å². The Morgan fingerprint density at radius 1 is 0.957 bits per heavy atom. The summed E-state index contributed by atoms with van der Waals surface area (Å²) >= 11 is 0. The summed E-state index contributed by atoms with van der Waals surface area (Å²) in [7, 11) is -4.38. The Kier molecular flexibility index (Phi) is 3.36. The van der Waals surface area contributed by atoms with Crippen molar-refractivity contribution in [3.05, 3.63) is 48.0 Å². The zero-order valence-electron chi connectivity index (χ0n) is 11.0. The van der Waals surface area contributed by atoms with Gasteiger partial charge >= 0.3 is 6.29 Å². The van der Waals surface area contributed by atoms with E-state index in [0.717, 1.165) is 30.3 Å². The first-order valence-corrected chi connectivity index (χ1v) is 7.52. The molecule has 0 atom stereocenters. The van der Waals surface area contributed by atoms with Gasteiger partial charge in [-0.05, 0) is 24.3 Å². The lowest BCUT2D eigenvalue weighted by molar-refractivity contribution is -0.286. The standard InChI is InChI=1S/C13H7F4NO4S/c14-7-1-4-12(9(15)5-7)23(19,20)18-8-2-3-10-11(6-8)22-13(16,17)21-10/h1-6,18H. The molecule has 1 N–H and O–H groups in total. The molecule has 122 valence electrons. The normalized spacial score (nSPS) is 15.5. The van der Waals surface area contributed by atoms with Crippen molar-refractivity contribution >= 4 is 15.7 Å². The average Bonchev–Trinajstić information content (AvgIpc) is 2.70. The van der Waals surface area contributed by atoms with Gasteiger partial charge in [-0.3, -0.25) is 4.72 Å². The third-order valence-electron chi connectivity index (χ3n) is 2.84. The monoisotopic (exact) mass is 349 g/mol. The Morgan fingerprint density at radius 2 is 1.65 bits per heavy atom. The fourth-order valence-corrected chi connectivity index (χ4v) is 3.03. The Balaban J connectivity index is 1.90. The molecule has 3 rings (SSSR count). The van der Waals surface area contributed by atoms with Crippen molar-refractivity contribution in [2.24, 2.45) is 0 Å². The van der Waals surface area contributed by atoms with Gasteiger partial charge < -0.3 is 9.47 Å². The molecule has 23 heavy (non-hydrogen) atoms. The number of hydrogen-bond donors (Lipinski definition) is 1. The van der Waals surface area contributed by atoms with E-state index >= 15 is 0 Å². The fourth-order valence-electron chi connectivity index (χ4n) is 1.92. The van der Waals surface area contributed by atoms with Crippen LogP contribution in [-0.2, 0) is 10.0 Å². The number of hydrogen-bond acceptors (Lipinski definition) is 4. The molecule has 2 aromatic carbocycles. The van der Waals surface area contributed by atoms with E-state index in [9.17, 15) is 26.0 Å². The Labute approximate surface area is 127 Å². The molecular weight excluding hydrogens is 342 g/mol. The fraction of sp³-hybridized carbons (Fsp3) is 0.0769. The second kappa shape index (κ2) is 5.01. The summed E-state index contributed by atoms with van der Waals surface area (Å²) in [5, 5.41) is 0. The largest absolute Gasteiger partial charge is 0.586 e. The van der Waals surface area contributed by atoms with Gasteiger partial charge in [0.2, 0.25) is 0 Å². The summed E-state index contributed by atoms with van der Waals surface area (Å²) in [6.07, 6.45) is -3.84. The highest BCUT2D eigenvalue weighted by atomic mass is 32.2. The summed E-state index contributed by atoms with van der Waals surface area (Å²) in [6.45, 7) is 0. The lowest BCUT2D eigenvalue weighted by atomic mass is 10.3. The van der Waals surface area contributed by atoms with E-state index in [0.29, 0.717) is 6.07 Å². The molecule has 1 aliphatic rings. The van der Waals surface area contributed by atoms with Crippen LogP contribution in [0, 0.1) is 11.6 Å². The predicted octanol–water partition coefficient (Wildman–Crippen LogP) is 3.09. The van der Waals surface area contributed by atoms with Crippen LogP contribution >= 0.6 is 0 Å². The van der Waals surface area contributed by atoms with Crippen LogP contribution in [0.5, 0.6) is 11.5 Å². The number of nitrogens with one attached hydrogen (secondary N) is 1. The first-order valence-electron chi connectivity index (χ1n) is 6.04. The van der Waals surface area contributed by atoms with Crippen LogP contribution in [-0.4, -0.2) is 14.7 Å². The number of benzene rings is 2. The second-order valence-corrected chi connectivity index (χ2v) is 6.16. The van der Waals surface area contributed by atoms with E-state index in [2.05, 4.69) is 9.47 Å². The first kappa shape index (κ1) is 15.4. The molecule has 1 heterocycles. The van der Waals surface area contributed by atoms with Gasteiger partial charge in [0.05, 0.1) is 5.69 Å². The molecule has 0 fully saturated rings. The maximum absolute atomic E-state index is 13.6. The van der Waals surface area contributed by atoms with Gasteiger partial charge in [0, 0.05) is 12.1 Å². The quantitative estimate of drug-likeness (QED) is 0.865. The summed E-state index contributed by atoms with van der Waals surface area (Å²) < 4.78 is 86.6. The number of sulfonamides is 1. The van der Waals surface area contributed by atoms with Crippen molar-refractivity contribution in [2.75, 3.05) is 4.72 Å². The molecule has 0 bridgehead atoms. The highest BCUT2D eigenvalue weighted by Gasteiger charge is 2.43. The van der Waals surface area contributed by atoms with Crippen LogP contribution < -0.4 is 14.2 Å². The van der Waals surface area contributed by atoms with E-state index in [1.165, 1.54) is 0 Å². The maximum atomic E-state index is 13.6. The number of fused-ring (bicyclic) bond motifs is 1. The minimum atomic E-state index is -4.38. The van der Waals surface area contributed by atoms with E-state index in [1.54, 1.807) is 0 Å². The summed E-state index contributed by atoms with van der Waals surface area (Å²) in [5.41, 5.74) is -0.159. The van der Waals surface area contributed by atoms with Crippen molar-refractivity contribution in [3.8, 4) is 11.5 Å². The average molecular weight is 349 g/mol. The van der Waals surface area contributed by atoms with Crippen LogP contribution in [0.3, 0.4) is 0 Å². The first-order chi connectivity index (χ1) is 10.7. The van der Waals surface area contributed by atoms with Crippen LogP contribution in [0.4, 0.5) is 23.2 Å². The van der Waals surface area contributed by atoms with E-state index in [-0.39, 0.29) is 17.2 Å². The summed E-state index contributed by atoms with van der Waals surface area (Å²) in [5.74, 6) is -2.88. The molecule has 0 amide bonds. The van der Waals surface area contributed by atoms with Crippen LogP contribution in [0.15, 0.2) is 41.3 Å². The van der Waals surface area contributed by atoms with E-state index in [4.69, 9.17) is 0 Å². The van der Waals surface area contributed by atoms with Gasteiger partial charge in [-0.1, -0.05) is 0 Å². The number of halogens is 4. The van der Waals surface area contributed by atoms with Crippen molar-refractivity contribution in [3.63, 3.8) is 0 Å². The SMILES string of the molecule is O=S(=O)(Nc1ccc2c(c1)OC(F)(F)O2)c1ccc(F)cc1F. The van der Waals surface area contributed by atoms with Crippen LogP contribution in [0.2, 0.25) is 0 Å². The van der Waals surface area contributed by atoms with Crippen molar-refractivity contribution < 1.29 is 35.5 Å². The molecule has 2 aromatic rings. The number of ether oxygens (including phenoxy) is 2. The predicted molar refractivity (Wildman–Crippen MR) is 69.8 cm³/mol. The minimum Gasteiger partial charge on any atom is -0.395 e. The van der Waals surface area contributed by atoms with Gasteiger partial charge in [0.25, 0.3) is 10.0 Å². The maximum Gasteiger partial charge on any atom is 0.586 e. The Hall–Kier alpha value is -2.49. The number of anilines is 1. The molecule has 0 aliphatic carbocycles. The zero-order chi connectivity index (χ0) is 16.8. The van der Waals surface area contributed by atoms with Crippen LogP contribution in [0.1, 0.15) is 0 Å². The van der Waals surface area contributed by atoms with Gasteiger partial charge in [0.15, 0.2) is 11.5 Å². The topological polar surface area (TPSA) is 64.6 Å². The molecule has 0 saturated heterocycles. The van der Waals surface area contributed by atoms with Gasteiger partial charge in [0.1, 0.15) is 16.5 Å². The third-order valence-corrected chi connectivity index (χ3v) is 4.25. The molecule has 0 aromatic heterocycles. The molecule has 0 unspecified atom stereocenters. The molecule has 1 aliphatic heterocycles. The molecule has 0 spiro atoms. The summed E-state index contributed by atoms with van der Waals surface area (Å²) in [4.78, 5) is -0.790. The van der Waals surface area contributed by atoms with Crippen molar-refractivity contribution in [1.82, 2.24) is 0 Å². The second-order valence-electron chi connectivity index (χ2n) is 4.51. The number of rotatable bonds is 3. The highest BCUT2D eigenvalue weighted by Crippen LogP contribution is 2.42. The van der Waals surface area contributed by atoms with E-state index in [1.807, 2.05) is 4.72 Å². The van der Waals surface area contributed by atoms with Gasteiger partial charge in [-0.25, -0.2) is 17.2 Å². The third kappa shape index (κ3) is 3.02. The molecule has 0 saturated carbocycles. The summed E-state index contributed by atoms with van der Waals surface area (Å²) in [6, 6.07) is 5.08. The Morgan fingerprint density at radius 3 is 2.35 bits per heavy atom.